The minimum atomic E-state index is -0.389. The highest BCUT2D eigenvalue weighted by Gasteiger charge is 2.30. The highest BCUT2D eigenvalue weighted by atomic mass is 127. The second kappa shape index (κ2) is 13.1. The Bertz CT molecular complexity index is 1480. The molecule has 0 bridgehead atoms. The molecular formula is C28H23Cl2IN2O5S. The minimum Gasteiger partial charge on any atom is -0.493 e. The summed E-state index contributed by atoms with van der Waals surface area (Å²) in [6.07, 6.45) is 1.79. The van der Waals surface area contributed by atoms with Crippen LogP contribution in [0.4, 0.5) is 5.69 Å². The molecular weight excluding hydrogens is 674 g/mol. The second-order valence-corrected chi connectivity index (χ2v) is 11.2. The first-order valence-corrected chi connectivity index (χ1v) is 14.3. The van der Waals surface area contributed by atoms with Gasteiger partial charge in [-0.25, -0.2) is 9.79 Å². The number of carbonyl (C=O) groups excluding carboxylic acids is 2. The third-order valence-electron chi connectivity index (χ3n) is 5.54. The predicted octanol–water partition coefficient (Wildman–Crippen LogP) is 7.60. The van der Waals surface area contributed by atoms with Gasteiger partial charge in [0, 0.05) is 22.7 Å². The van der Waals surface area contributed by atoms with E-state index in [4.69, 9.17) is 37.4 Å². The Morgan fingerprint density at radius 2 is 1.87 bits per heavy atom. The van der Waals surface area contributed by atoms with Crippen molar-refractivity contribution in [1.82, 2.24) is 4.90 Å². The molecule has 1 aliphatic heterocycles. The number of amides is 1. The van der Waals surface area contributed by atoms with Crippen LogP contribution in [0.5, 0.6) is 11.5 Å². The Labute approximate surface area is 254 Å². The van der Waals surface area contributed by atoms with Gasteiger partial charge < -0.3 is 14.2 Å². The van der Waals surface area contributed by atoms with Gasteiger partial charge in [0.2, 0.25) is 0 Å². The van der Waals surface area contributed by atoms with E-state index in [-0.39, 0.29) is 18.5 Å². The Balaban J connectivity index is 1.53. The molecule has 1 heterocycles. The maximum atomic E-state index is 13.0. The summed E-state index contributed by atoms with van der Waals surface area (Å²) < 4.78 is 17.4. The number of hydrogen-bond acceptors (Lipinski definition) is 7. The third-order valence-corrected chi connectivity index (χ3v) is 7.99. The van der Waals surface area contributed by atoms with Gasteiger partial charge in [-0.2, -0.15) is 0 Å². The summed E-state index contributed by atoms with van der Waals surface area (Å²) in [7, 11) is 3.23. The Hall–Kier alpha value is -2.73. The summed E-state index contributed by atoms with van der Waals surface area (Å²) in [4.78, 5) is 31.4. The smallest absolute Gasteiger partial charge is 0.338 e. The Morgan fingerprint density at radius 3 is 2.54 bits per heavy atom. The van der Waals surface area contributed by atoms with Gasteiger partial charge in [0.25, 0.3) is 5.91 Å². The molecule has 3 aromatic rings. The fourth-order valence-electron chi connectivity index (χ4n) is 3.55. The van der Waals surface area contributed by atoms with E-state index in [1.807, 2.05) is 18.2 Å². The number of methoxy groups -OCH3 is 1. The van der Waals surface area contributed by atoms with E-state index in [1.54, 1.807) is 63.6 Å². The summed E-state index contributed by atoms with van der Waals surface area (Å²) in [5.74, 6) is 0.536. The Morgan fingerprint density at radius 1 is 1.13 bits per heavy atom. The van der Waals surface area contributed by atoms with E-state index < -0.39 is 0 Å². The van der Waals surface area contributed by atoms with Crippen molar-refractivity contribution in [2.24, 2.45) is 4.99 Å². The first-order chi connectivity index (χ1) is 18.7. The quantitative estimate of drug-likeness (QED) is 0.137. The number of hydrogen-bond donors (Lipinski definition) is 0. The van der Waals surface area contributed by atoms with E-state index in [2.05, 4.69) is 27.6 Å². The summed E-state index contributed by atoms with van der Waals surface area (Å²) in [6.45, 7) is 2.30. The molecule has 1 amide bonds. The molecule has 1 aliphatic rings. The second-order valence-electron chi connectivity index (χ2n) is 8.20. The lowest BCUT2D eigenvalue weighted by atomic mass is 10.1. The number of rotatable bonds is 8. The average Bonchev–Trinajstić information content (AvgIpc) is 3.16. The fourth-order valence-corrected chi connectivity index (χ4v) is 5.78. The molecule has 0 aliphatic carbocycles. The molecule has 4 rings (SSSR count). The van der Waals surface area contributed by atoms with Crippen molar-refractivity contribution in [3.8, 4) is 11.5 Å². The average molecular weight is 697 g/mol. The summed E-state index contributed by atoms with van der Waals surface area (Å²) in [5, 5.41) is 1.60. The van der Waals surface area contributed by atoms with Crippen LogP contribution in [0.25, 0.3) is 6.08 Å². The topological polar surface area (TPSA) is 77.4 Å². The van der Waals surface area contributed by atoms with Crippen LogP contribution in [0.1, 0.15) is 28.4 Å². The van der Waals surface area contributed by atoms with Gasteiger partial charge in [0.1, 0.15) is 6.61 Å². The third kappa shape index (κ3) is 7.08. The molecule has 202 valence electrons. The molecule has 1 saturated heterocycles. The van der Waals surface area contributed by atoms with Gasteiger partial charge in [-0.3, -0.25) is 9.69 Å². The van der Waals surface area contributed by atoms with Gasteiger partial charge in [0.15, 0.2) is 16.7 Å². The van der Waals surface area contributed by atoms with Crippen LogP contribution >= 0.6 is 57.6 Å². The largest absolute Gasteiger partial charge is 0.493 e. The zero-order chi connectivity index (χ0) is 28.1. The number of benzene rings is 3. The molecule has 0 aromatic heterocycles. The van der Waals surface area contributed by atoms with E-state index in [1.165, 1.54) is 16.7 Å². The molecule has 39 heavy (non-hydrogen) atoms. The fraction of sp³-hybridized carbons (Fsp3) is 0.179. The number of thioether (sulfide) groups is 1. The summed E-state index contributed by atoms with van der Waals surface area (Å²) in [5.41, 5.74) is 2.63. The number of ether oxygens (including phenoxy) is 3. The first-order valence-electron chi connectivity index (χ1n) is 11.7. The van der Waals surface area contributed by atoms with Crippen LogP contribution in [0.15, 0.2) is 64.5 Å². The number of aliphatic imine (C=N–C) groups is 1. The van der Waals surface area contributed by atoms with Crippen LogP contribution in [-0.4, -0.2) is 42.7 Å². The number of likely N-dealkylation sites (N-methyl/N-ethyl adjacent to an activating group) is 1. The van der Waals surface area contributed by atoms with Crippen molar-refractivity contribution >= 4 is 86.4 Å². The molecule has 7 nitrogen and oxygen atoms in total. The van der Waals surface area contributed by atoms with Crippen molar-refractivity contribution in [2.75, 3.05) is 20.8 Å². The number of amidine groups is 1. The van der Waals surface area contributed by atoms with Crippen molar-refractivity contribution in [2.45, 2.75) is 13.5 Å². The van der Waals surface area contributed by atoms with Crippen LogP contribution < -0.4 is 9.47 Å². The number of esters is 1. The molecule has 0 spiro atoms. The highest BCUT2D eigenvalue weighted by molar-refractivity contribution is 14.1. The van der Waals surface area contributed by atoms with Crippen molar-refractivity contribution in [3.63, 3.8) is 0 Å². The SMILES string of the molecule is CCOC(=O)c1ccc(N=C2S/C(=C\c3cc(I)c(OCc4ccc(Cl)cc4Cl)c(OC)c3)C(=O)N2C)cc1. The van der Waals surface area contributed by atoms with Gasteiger partial charge in [-0.05, 0) is 101 Å². The van der Waals surface area contributed by atoms with Gasteiger partial charge in [-0.1, -0.05) is 29.3 Å². The maximum absolute atomic E-state index is 13.0. The van der Waals surface area contributed by atoms with E-state index >= 15 is 0 Å². The normalized spacial score (nSPS) is 15.2. The molecule has 0 unspecified atom stereocenters. The number of nitrogens with zero attached hydrogens (tertiary/aromatic N) is 2. The number of carbonyl (C=O) groups is 2. The maximum Gasteiger partial charge on any atom is 0.338 e. The first kappa shape index (κ1) is 29.3. The minimum absolute atomic E-state index is 0.173. The monoisotopic (exact) mass is 696 g/mol. The van der Waals surface area contributed by atoms with Crippen LogP contribution in [0.3, 0.4) is 0 Å². The van der Waals surface area contributed by atoms with Crippen LogP contribution in [0.2, 0.25) is 10.0 Å². The predicted molar refractivity (Wildman–Crippen MR) is 164 cm³/mol. The van der Waals surface area contributed by atoms with Crippen molar-refractivity contribution in [3.05, 3.63) is 89.8 Å². The van der Waals surface area contributed by atoms with E-state index in [0.29, 0.717) is 49.5 Å². The van der Waals surface area contributed by atoms with Gasteiger partial charge >= 0.3 is 5.97 Å². The zero-order valence-electron chi connectivity index (χ0n) is 21.2. The van der Waals surface area contributed by atoms with Gasteiger partial charge in [0.05, 0.1) is 33.4 Å². The molecule has 0 N–H and O–H groups in total. The number of halogens is 3. The molecule has 3 aromatic carbocycles. The van der Waals surface area contributed by atoms with E-state index in [9.17, 15) is 9.59 Å². The van der Waals surface area contributed by atoms with E-state index in [0.717, 1.165) is 14.7 Å². The standard InChI is InChI=1S/C28H23Cl2IN2O5S/c1-4-37-27(35)17-6-9-20(10-7-17)32-28-33(2)26(34)24(39-28)13-16-11-22(31)25(23(12-16)36-3)38-15-18-5-8-19(29)14-21(18)30/h5-14H,4,15H2,1-3H3/b24-13-,32-28?. The van der Waals surface area contributed by atoms with Crippen LogP contribution in [-0.2, 0) is 16.1 Å². The van der Waals surface area contributed by atoms with Crippen LogP contribution in [0, 0.1) is 3.57 Å². The molecule has 1 fully saturated rings. The van der Waals surface area contributed by atoms with Gasteiger partial charge in [-0.15, -0.1) is 0 Å². The molecule has 11 heteroatoms. The lowest BCUT2D eigenvalue weighted by molar-refractivity contribution is -0.121. The van der Waals surface area contributed by atoms with Crippen molar-refractivity contribution in [1.29, 1.82) is 0 Å². The molecule has 0 atom stereocenters. The zero-order valence-corrected chi connectivity index (χ0v) is 25.7. The highest BCUT2D eigenvalue weighted by Crippen LogP contribution is 2.38. The molecule has 0 saturated carbocycles. The summed E-state index contributed by atoms with van der Waals surface area (Å²) >= 11 is 15.7. The Kier molecular flexibility index (Phi) is 9.81. The lowest BCUT2D eigenvalue weighted by Crippen LogP contribution is -2.23. The molecule has 0 radical (unpaired) electrons. The summed E-state index contributed by atoms with van der Waals surface area (Å²) in [6, 6.07) is 15.7. The lowest BCUT2D eigenvalue weighted by Gasteiger charge is -2.14. The van der Waals surface area contributed by atoms with Crippen molar-refractivity contribution < 1.29 is 23.8 Å².